The van der Waals surface area contributed by atoms with Crippen molar-refractivity contribution in [3.8, 4) is 0 Å². The molecule has 0 unspecified atom stereocenters. The topological polar surface area (TPSA) is 77.1 Å². The van der Waals surface area contributed by atoms with Crippen LogP contribution in [0.2, 0.25) is 0 Å². The van der Waals surface area contributed by atoms with Gasteiger partial charge in [0.15, 0.2) is 6.61 Å². The molecule has 182 valence electrons. The zero-order valence-corrected chi connectivity index (χ0v) is 18.7. The summed E-state index contributed by atoms with van der Waals surface area (Å²) in [5, 5.41) is 2.91. The molecule has 33 heavy (non-hydrogen) atoms. The van der Waals surface area contributed by atoms with Crippen LogP contribution in [0.15, 0.2) is 30.3 Å². The first-order valence-electron chi connectivity index (χ1n) is 11.8. The van der Waals surface area contributed by atoms with E-state index in [1.54, 1.807) is 0 Å². The fourth-order valence-corrected chi connectivity index (χ4v) is 5.45. The van der Waals surface area contributed by atoms with Gasteiger partial charge in [0, 0.05) is 13.0 Å². The minimum Gasteiger partial charge on any atom is -0.449 e. The van der Waals surface area contributed by atoms with Crippen LogP contribution in [0.1, 0.15) is 56.4 Å². The smallest absolute Gasteiger partial charge is 0.410 e. The van der Waals surface area contributed by atoms with Gasteiger partial charge in [-0.1, -0.05) is 30.3 Å². The highest BCUT2D eigenvalue weighted by Gasteiger charge is 2.50. The standard InChI is InChI=1S/C24H32F2N2O5/c25-21(26)16-33-23(30)28-13-4-11-24(12-14-31-22(29)27-24)20(28)15-32-19-9-7-18(8-10-19)17-5-2-1-3-6-17/h1-3,5-6,18-21H,4,7-16H2,(H,27,29)/t18?,19?,20-,24+/m1/s1. The van der Waals surface area contributed by atoms with E-state index in [2.05, 4.69) is 29.6 Å². The van der Waals surface area contributed by atoms with Crippen molar-refractivity contribution >= 4 is 12.2 Å². The molecule has 2 aliphatic heterocycles. The molecule has 1 saturated carbocycles. The van der Waals surface area contributed by atoms with Gasteiger partial charge < -0.3 is 24.4 Å². The molecule has 1 spiro atoms. The van der Waals surface area contributed by atoms with Gasteiger partial charge in [-0.15, -0.1) is 0 Å². The summed E-state index contributed by atoms with van der Waals surface area (Å²) < 4.78 is 41.4. The van der Waals surface area contributed by atoms with Crippen LogP contribution in [-0.4, -0.2) is 67.6 Å². The largest absolute Gasteiger partial charge is 0.449 e. The summed E-state index contributed by atoms with van der Waals surface area (Å²) in [4.78, 5) is 26.1. The fourth-order valence-electron chi connectivity index (χ4n) is 5.45. The number of benzene rings is 1. The van der Waals surface area contributed by atoms with Crippen molar-refractivity contribution in [3.05, 3.63) is 35.9 Å². The van der Waals surface area contributed by atoms with Crippen molar-refractivity contribution in [2.75, 3.05) is 26.4 Å². The molecule has 1 aliphatic carbocycles. The number of amides is 2. The van der Waals surface area contributed by atoms with Gasteiger partial charge in [-0.2, -0.15) is 0 Å². The third kappa shape index (κ3) is 5.75. The normalized spacial score (nSPS) is 30.1. The Morgan fingerprint density at radius 2 is 1.94 bits per heavy atom. The number of carbonyl (C=O) groups excluding carboxylic acids is 2. The number of piperidine rings is 1. The highest BCUT2D eigenvalue weighted by molar-refractivity contribution is 5.71. The van der Waals surface area contributed by atoms with Gasteiger partial charge in [0.25, 0.3) is 6.43 Å². The molecule has 0 aromatic heterocycles. The number of halogens is 2. The van der Waals surface area contributed by atoms with Crippen molar-refractivity contribution in [1.29, 1.82) is 0 Å². The van der Waals surface area contributed by atoms with Crippen molar-refractivity contribution in [2.24, 2.45) is 0 Å². The molecule has 2 amide bonds. The quantitative estimate of drug-likeness (QED) is 0.670. The average Bonchev–Trinajstić information content (AvgIpc) is 2.82. The lowest BCUT2D eigenvalue weighted by Gasteiger charge is -2.51. The number of carbonyl (C=O) groups is 2. The SMILES string of the molecule is O=C1N[C@@]2(CCCN(C(=O)OCC(F)F)[C@@H]2COC2CCC(c3ccccc3)CC2)CCO1. The molecule has 0 bridgehead atoms. The van der Waals surface area contributed by atoms with Gasteiger partial charge in [0.1, 0.15) is 0 Å². The van der Waals surface area contributed by atoms with Gasteiger partial charge in [-0.3, -0.25) is 0 Å². The average molecular weight is 467 g/mol. The lowest BCUT2D eigenvalue weighted by atomic mass is 9.78. The van der Waals surface area contributed by atoms with Gasteiger partial charge in [0.2, 0.25) is 0 Å². The van der Waals surface area contributed by atoms with E-state index < -0.39 is 36.8 Å². The van der Waals surface area contributed by atoms with Crippen LogP contribution in [0.4, 0.5) is 18.4 Å². The summed E-state index contributed by atoms with van der Waals surface area (Å²) in [6.45, 7) is -0.126. The lowest BCUT2D eigenvalue weighted by molar-refractivity contribution is -0.0648. The first-order chi connectivity index (χ1) is 16.0. The molecule has 1 aromatic carbocycles. The van der Waals surface area contributed by atoms with Gasteiger partial charge in [-0.05, 0) is 50.0 Å². The molecule has 7 nitrogen and oxygen atoms in total. The maximum Gasteiger partial charge on any atom is 0.410 e. The molecule has 1 N–H and O–H groups in total. The Morgan fingerprint density at radius 3 is 2.64 bits per heavy atom. The van der Waals surface area contributed by atoms with Crippen molar-refractivity contribution < 1.29 is 32.6 Å². The predicted molar refractivity (Wildman–Crippen MR) is 116 cm³/mol. The van der Waals surface area contributed by atoms with E-state index in [4.69, 9.17) is 14.2 Å². The van der Waals surface area contributed by atoms with Crippen LogP contribution in [0, 0.1) is 0 Å². The maximum absolute atomic E-state index is 12.6. The summed E-state index contributed by atoms with van der Waals surface area (Å²) in [7, 11) is 0. The number of nitrogens with one attached hydrogen (secondary N) is 1. The monoisotopic (exact) mass is 466 g/mol. The number of alkyl carbamates (subject to hydrolysis) is 1. The number of nitrogens with zero attached hydrogens (tertiary/aromatic N) is 1. The molecule has 2 saturated heterocycles. The number of cyclic esters (lactones) is 1. The second-order valence-corrected chi connectivity index (χ2v) is 9.17. The van der Waals surface area contributed by atoms with Crippen molar-refractivity contribution in [2.45, 2.75) is 75.0 Å². The highest BCUT2D eigenvalue weighted by Crippen LogP contribution is 2.37. The van der Waals surface area contributed by atoms with E-state index in [1.165, 1.54) is 10.5 Å². The Balaban J connectivity index is 1.40. The molecule has 0 radical (unpaired) electrons. The molecule has 9 heteroatoms. The zero-order chi connectivity index (χ0) is 23.3. The minimum absolute atomic E-state index is 0.0541. The van der Waals surface area contributed by atoms with Crippen LogP contribution in [0.3, 0.4) is 0 Å². The molecular formula is C24H32F2N2O5. The number of hydrogen-bond donors (Lipinski definition) is 1. The van der Waals surface area contributed by atoms with E-state index in [-0.39, 0.29) is 19.3 Å². The summed E-state index contributed by atoms with van der Waals surface area (Å²) in [6, 6.07) is 9.96. The van der Waals surface area contributed by atoms with Gasteiger partial charge >= 0.3 is 12.2 Å². The highest BCUT2D eigenvalue weighted by atomic mass is 19.3. The van der Waals surface area contributed by atoms with Crippen LogP contribution >= 0.6 is 0 Å². The Bertz CT molecular complexity index is 799. The van der Waals surface area contributed by atoms with E-state index in [1.807, 2.05) is 6.07 Å². The Kier molecular flexibility index (Phi) is 7.67. The van der Waals surface area contributed by atoms with E-state index in [0.29, 0.717) is 31.7 Å². The minimum atomic E-state index is -2.73. The number of hydrogen-bond acceptors (Lipinski definition) is 5. The molecule has 3 aliphatic rings. The summed E-state index contributed by atoms with van der Waals surface area (Å²) >= 11 is 0. The number of rotatable bonds is 6. The van der Waals surface area contributed by atoms with E-state index in [0.717, 1.165) is 25.7 Å². The van der Waals surface area contributed by atoms with Crippen molar-refractivity contribution in [1.82, 2.24) is 10.2 Å². The van der Waals surface area contributed by atoms with Crippen LogP contribution in [0.25, 0.3) is 0 Å². The molecule has 1 aromatic rings. The molecular weight excluding hydrogens is 434 g/mol. The first kappa shape index (κ1) is 23.7. The number of alkyl halides is 2. The van der Waals surface area contributed by atoms with Crippen LogP contribution < -0.4 is 5.32 Å². The number of ether oxygens (including phenoxy) is 3. The second-order valence-electron chi connectivity index (χ2n) is 9.17. The van der Waals surface area contributed by atoms with Crippen LogP contribution in [-0.2, 0) is 14.2 Å². The second kappa shape index (κ2) is 10.7. The summed E-state index contributed by atoms with van der Waals surface area (Å²) in [5.41, 5.74) is 0.638. The Morgan fingerprint density at radius 1 is 1.18 bits per heavy atom. The molecule has 2 atom stereocenters. The first-order valence-corrected chi connectivity index (χ1v) is 11.8. The van der Waals surface area contributed by atoms with Gasteiger partial charge in [-0.25, -0.2) is 18.4 Å². The van der Waals surface area contributed by atoms with E-state index >= 15 is 0 Å². The number of likely N-dealkylation sites (tertiary alicyclic amines) is 1. The molecule has 2 heterocycles. The predicted octanol–water partition coefficient (Wildman–Crippen LogP) is 4.46. The third-order valence-electron chi connectivity index (χ3n) is 7.17. The maximum atomic E-state index is 12.6. The lowest BCUT2D eigenvalue weighted by Crippen LogP contribution is -2.69. The Labute approximate surface area is 192 Å². The van der Waals surface area contributed by atoms with Crippen LogP contribution in [0.5, 0.6) is 0 Å². The fraction of sp³-hybridized carbons (Fsp3) is 0.667. The van der Waals surface area contributed by atoms with Crippen molar-refractivity contribution in [3.63, 3.8) is 0 Å². The van der Waals surface area contributed by atoms with E-state index in [9.17, 15) is 18.4 Å². The molecule has 4 rings (SSSR count). The van der Waals surface area contributed by atoms with Gasteiger partial charge in [0.05, 0.1) is 30.9 Å². The zero-order valence-electron chi connectivity index (χ0n) is 18.7. The third-order valence-corrected chi connectivity index (χ3v) is 7.17. The summed E-state index contributed by atoms with van der Waals surface area (Å²) in [6.07, 6.45) is 1.67. The molecule has 3 fully saturated rings. The Hall–Kier alpha value is -2.42. The summed E-state index contributed by atoms with van der Waals surface area (Å²) in [5.74, 6) is 0.516.